The van der Waals surface area contributed by atoms with E-state index in [1.165, 1.54) is 0 Å². The molecule has 16 heavy (non-hydrogen) atoms. The van der Waals surface area contributed by atoms with Crippen LogP contribution < -0.4 is 5.56 Å². The van der Waals surface area contributed by atoms with Crippen molar-refractivity contribution in [3.8, 4) is 0 Å². The van der Waals surface area contributed by atoms with E-state index in [0.717, 1.165) is 6.29 Å². The van der Waals surface area contributed by atoms with Gasteiger partial charge in [-0.15, -0.1) is 0 Å². The van der Waals surface area contributed by atoms with Crippen LogP contribution in [-0.2, 0) is 7.05 Å². The molecule has 0 fully saturated rings. The number of hydrogen-bond acceptors (Lipinski definition) is 2. The normalized spacial score (nSPS) is 11.2. The van der Waals surface area contributed by atoms with Gasteiger partial charge in [-0.3, -0.25) is 14.3 Å². The molecule has 84 valence electrons. The maximum absolute atomic E-state index is 12.1. The van der Waals surface area contributed by atoms with Gasteiger partial charge in [-0.1, -0.05) is 6.07 Å². The van der Waals surface area contributed by atoms with Crippen LogP contribution in [0.3, 0.4) is 0 Å². The van der Waals surface area contributed by atoms with Crippen molar-refractivity contribution in [1.82, 2.24) is 9.36 Å². The fourth-order valence-electron chi connectivity index (χ4n) is 2.14. The van der Waals surface area contributed by atoms with Crippen LogP contribution in [0.5, 0.6) is 0 Å². The molecule has 0 bridgehead atoms. The lowest BCUT2D eigenvalue weighted by Gasteiger charge is -2.11. The van der Waals surface area contributed by atoms with E-state index in [9.17, 15) is 9.59 Å². The highest BCUT2D eigenvalue weighted by Crippen LogP contribution is 2.16. The molecule has 0 unspecified atom stereocenters. The Bertz CT molecular complexity index is 605. The highest BCUT2D eigenvalue weighted by molar-refractivity contribution is 5.95. The van der Waals surface area contributed by atoms with Crippen molar-refractivity contribution in [2.75, 3.05) is 0 Å². The Labute approximate surface area is 93.1 Å². The molecular formula is C12H14N2O2. The third kappa shape index (κ3) is 1.30. The molecule has 0 aliphatic rings. The van der Waals surface area contributed by atoms with Crippen molar-refractivity contribution >= 4 is 17.2 Å². The Kier molecular flexibility index (Phi) is 2.42. The predicted octanol–water partition coefficient (Wildman–Crippen LogP) is 1.73. The number of aldehydes is 1. The lowest BCUT2D eigenvalue weighted by Crippen LogP contribution is -2.23. The molecule has 0 N–H and O–H groups in total. The van der Waals surface area contributed by atoms with E-state index in [-0.39, 0.29) is 11.6 Å². The molecule has 0 radical (unpaired) electrons. The first-order chi connectivity index (χ1) is 7.57. The highest BCUT2D eigenvalue weighted by Gasteiger charge is 2.14. The summed E-state index contributed by atoms with van der Waals surface area (Å²) < 4.78 is 3.41. The quantitative estimate of drug-likeness (QED) is 0.720. The molecule has 4 heteroatoms. The number of rotatable bonds is 2. The zero-order valence-electron chi connectivity index (χ0n) is 9.60. The number of aryl methyl sites for hydroxylation is 1. The van der Waals surface area contributed by atoms with Gasteiger partial charge in [0.05, 0.1) is 10.9 Å². The number of aromatic nitrogens is 2. The molecule has 0 aliphatic heterocycles. The van der Waals surface area contributed by atoms with Gasteiger partial charge in [0.2, 0.25) is 0 Å². The molecule has 2 rings (SSSR count). The van der Waals surface area contributed by atoms with Crippen LogP contribution in [0.2, 0.25) is 0 Å². The van der Waals surface area contributed by atoms with Crippen LogP contribution in [0.15, 0.2) is 23.0 Å². The number of nitrogens with zero attached hydrogens (tertiary/aromatic N) is 2. The van der Waals surface area contributed by atoms with Gasteiger partial charge in [-0.05, 0) is 26.0 Å². The SMILES string of the molecule is CC(C)n1c(=O)c2cccc(C=O)c2n1C. The molecule has 0 atom stereocenters. The van der Waals surface area contributed by atoms with Crippen LogP contribution in [0, 0.1) is 0 Å². The van der Waals surface area contributed by atoms with Crippen molar-refractivity contribution in [3.05, 3.63) is 34.1 Å². The lowest BCUT2D eigenvalue weighted by atomic mass is 10.1. The van der Waals surface area contributed by atoms with Gasteiger partial charge in [-0.25, -0.2) is 4.68 Å². The summed E-state index contributed by atoms with van der Waals surface area (Å²) in [5, 5.41) is 0.598. The van der Waals surface area contributed by atoms with E-state index in [2.05, 4.69) is 0 Å². The summed E-state index contributed by atoms with van der Waals surface area (Å²) in [4.78, 5) is 23.0. The van der Waals surface area contributed by atoms with Gasteiger partial charge < -0.3 is 0 Å². The predicted molar refractivity (Wildman–Crippen MR) is 63.0 cm³/mol. The fraction of sp³-hybridized carbons (Fsp3) is 0.333. The highest BCUT2D eigenvalue weighted by atomic mass is 16.1. The number of carbonyl (C=O) groups excluding carboxylic acids is 1. The van der Waals surface area contributed by atoms with Crippen LogP contribution in [-0.4, -0.2) is 15.6 Å². The second-order valence-corrected chi connectivity index (χ2v) is 4.13. The first kappa shape index (κ1) is 10.7. The topological polar surface area (TPSA) is 44.0 Å². The number of fused-ring (bicyclic) bond motifs is 1. The number of para-hydroxylation sites is 1. The van der Waals surface area contributed by atoms with E-state index < -0.39 is 0 Å². The molecule has 1 heterocycles. The second kappa shape index (κ2) is 3.63. The molecule has 0 saturated heterocycles. The average molecular weight is 218 g/mol. The molecule has 0 amide bonds. The summed E-state index contributed by atoms with van der Waals surface area (Å²) in [7, 11) is 1.80. The third-order valence-corrected chi connectivity index (χ3v) is 2.77. The maximum Gasteiger partial charge on any atom is 0.274 e. The summed E-state index contributed by atoms with van der Waals surface area (Å²) >= 11 is 0. The Morgan fingerprint density at radius 3 is 2.56 bits per heavy atom. The lowest BCUT2D eigenvalue weighted by molar-refractivity contribution is 0.112. The van der Waals surface area contributed by atoms with Gasteiger partial charge in [0.25, 0.3) is 5.56 Å². The summed E-state index contributed by atoms with van der Waals surface area (Å²) in [6.45, 7) is 3.89. The van der Waals surface area contributed by atoms with Crippen molar-refractivity contribution in [2.45, 2.75) is 19.9 Å². The van der Waals surface area contributed by atoms with Crippen molar-refractivity contribution in [2.24, 2.45) is 7.05 Å². The van der Waals surface area contributed by atoms with Crippen molar-refractivity contribution in [1.29, 1.82) is 0 Å². The summed E-state index contributed by atoms with van der Waals surface area (Å²) in [6, 6.07) is 5.28. The molecule has 0 spiro atoms. The Morgan fingerprint density at radius 2 is 2.00 bits per heavy atom. The van der Waals surface area contributed by atoms with E-state index in [1.54, 1.807) is 34.6 Å². The van der Waals surface area contributed by atoms with Crippen molar-refractivity contribution in [3.63, 3.8) is 0 Å². The zero-order valence-corrected chi connectivity index (χ0v) is 9.60. The number of benzene rings is 1. The van der Waals surface area contributed by atoms with E-state index in [0.29, 0.717) is 16.5 Å². The zero-order chi connectivity index (χ0) is 11.9. The van der Waals surface area contributed by atoms with Gasteiger partial charge in [0, 0.05) is 18.7 Å². The molecule has 1 aromatic carbocycles. The summed E-state index contributed by atoms with van der Waals surface area (Å²) in [6.07, 6.45) is 0.784. The number of hydrogen-bond donors (Lipinski definition) is 0. The Balaban J connectivity index is 2.99. The molecule has 4 nitrogen and oxygen atoms in total. The first-order valence-corrected chi connectivity index (χ1v) is 5.23. The smallest absolute Gasteiger partial charge is 0.274 e. The Morgan fingerprint density at radius 1 is 1.31 bits per heavy atom. The van der Waals surface area contributed by atoms with Gasteiger partial charge >= 0.3 is 0 Å². The van der Waals surface area contributed by atoms with Crippen LogP contribution in [0.25, 0.3) is 10.9 Å². The van der Waals surface area contributed by atoms with E-state index in [1.807, 2.05) is 13.8 Å². The minimum absolute atomic E-state index is 0.0452. The molecule has 0 aliphatic carbocycles. The Hall–Kier alpha value is -1.84. The van der Waals surface area contributed by atoms with Crippen LogP contribution in [0.1, 0.15) is 30.2 Å². The monoisotopic (exact) mass is 218 g/mol. The average Bonchev–Trinajstić information content (AvgIpc) is 2.51. The molecule has 1 aromatic heterocycles. The van der Waals surface area contributed by atoms with Crippen molar-refractivity contribution < 1.29 is 4.79 Å². The minimum Gasteiger partial charge on any atom is -0.298 e. The maximum atomic E-state index is 12.1. The summed E-state index contributed by atoms with van der Waals surface area (Å²) in [5.41, 5.74) is 1.21. The third-order valence-electron chi connectivity index (χ3n) is 2.77. The first-order valence-electron chi connectivity index (χ1n) is 5.23. The van der Waals surface area contributed by atoms with Crippen LogP contribution >= 0.6 is 0 Å². The van der Waals surface area contributed by atoms with Gasteiger partial charge in [0.15, 0.2) is 6.29 Å². The van der Waals surface area contributed by atoms with E-state index >= 15 is 0 Å². The van der Waals surface area contributed by atoms with Gasteiger partial charge in [-0.2, -0.15) is 0 Å². The molecule has 2 aromatic rings. The molecule has 0 saturated carbocycles. The van der Waals surface area contributed by atoms with Gasteiger partial charge in [0.1, 0.15) is 0 Å². The molecular weight excluding hydrogens is 204 g/mol. The fourth-order valence-corrected chi connectivity index (χ4v) is 2.14. The standard InChI is InChI=1S/C12H14N2O2/c1-8(2)14-12(16)10-6-4-5-9(7-15)11(10)13(14)3/h4-8H,1-3H3. The van der Waals surface area contributed by atoms with Crippen LogP contribution in [0.4, 0.5) is 0 Å². The van der Waals surface area contributed by atoms with E-state index in [4.69, 9.17) is 0 Å². The second-order valence-electron chi connectivity index (χ2n) is 4.13. The summed E-state index contributed by atoms with van der Waals surface area (Å²) in [5.74, 6) is 0. The minimum atomic E-state index is -0.0452. The largest absolute Gasteiger partial charge is 0.298 e. The number of carbonyl (C=O) groups is 1.